The van der Waals surface area contributed by atoms with Crippen molar-refractivity contribution in [3.8, 4) is 0 Å². The van der Waals surface area contributed by atoms with Gasteiger partial charge < -0.3 is 15.1 Å². The van der Waals surface area contributed by atoms with Crippen molar-refractivity contribution in [3.63, 3.8) is 0 Å². The first-order valence-corrected chi connectivity index (χ1v) is 5.80. The number of rotatable bonds is 3. The van der Waals surface area contributed by atoms with Crippen molar-refractivity contribution in [3.05, 3.63) is 28.3 Å². The van der Waals surface area contributed by atoms with E-state index in [1.165, 1.54) is 0 Å². The topological polar surface area (TPSA) is 93.7 Å². The van der Waals surface area contributed by atoms with Gasteiger partial charge in [0, 0.05) is 19.7 Å². The van der Waals surface area contributed by atoms with Crippen LogP contribution in [0.1, 0.15) is 6.42 Å². The lowest BCUT2D eigenvalue weighted by Crippen LogP contribution is -2.27. The summed E-state index contributed by atoms with van der Waals surface area (Å²) >= 11 is 0. The van der Waals surface area contributed by atoms with Gasteiger partial charge in [0.2, 0.25) is 0 Å². The number of hydrogen-bond donors (Lipinski definition) is 2. The molecule has 0 aromatic heterocycles. The molecule has 2 rings (SSSR count). The Labute approximate surface area is 105 Å². The molecule has 0 saturated carbocycles. The minimum atomic E-state index is -0.406. The van der Waals surface area contributed by atoms with Crippen LogP contribution < -0.4 is 16.2 Å². The molecule has 1 aliphatic rings. The normalized spacial score (nSPS) is 16.2. The van der Waals surface area contributed by atoms with Crippen LogP contribution in [0.2, 0.25) is 0 Å². The number of nitro groups is 1. The number of hydrazine groups is 1. The van der Waals surface area contributed by atoms with E-state index in [-0.39, 0.29) is 5.69 Å². The van der Waals surface area contributed by atoms with Crippen molar-refractivity contribution >= 4 is 17.1 Å². The number of nitrogens with one attached hydrogen (secondary N) is 1. The van der Waals surface area contributed by atoms with Gasteiger partial charge >= 0.3 is 5.69 Å². The molecule has 1 fully saturated rings. The zero-order chi connectivity index (χ0) is 13.0. The van der Waals surface area contributed by atoms with Gasteiger partial charge in [-0.15, -0.1) is 0 Å². The molecule has 7 heteroatoms. The summed E-state index contributed by atoms with van der Waals surface area (Å²) in [6.45, 7) is 2.67. The van der Waals surface area contributed by atoms with Crippen LogP contribution in [0.4, 0.5) is 17.1 Å². The first-order valence-electron chi connectivity index (χ1n) is 5.80. The first-order chi connectivity index (χ1) is 8.74. The lowest BCUT2D eigenvalue weighted by Gasteiger charge is -2.22. The third-order valence-corrected chi connectivity index (χ3v) is 2.92. The predicted octanol–water partition coefficient (Wildman–Crippen LogP) is 1.11. The standard InChI is InChI=1S/C11H16N4O3/c12-13-9-3-1-4-10(11(9)15(16)17)14-5-2-7-18-8-6-14/h1,3-4,13H,2,5-8,12H2. The summed E-state index contributed by atoms with van der Waals surface area (Å²) in [5.41, 5.74) is 3.29. The fourth-order valence-electron chi connectivity index (χ4n) is 2.08. The van der Waals surface area contributed by atoms with Gasteiger partial charge in [0.05, 0.1) is 11.5 Å². The number of nitrogens with two attached hydrogens (primary N) is 1. The molecule has 1 aliphatic heterocycles. The maximum Gasteiger partial charge on any atom is 0.316 e. The van der Waals surface area contributed by atoms with E-state index in [0.717, 1.165) is 13.0 Å². The second kappa shape index (κ2) is 5.65. The summed E-state index contributed by atoms with van der Waals surface area (Å²) < 4.78 is 5.35. The third-order valence-electron chi connectivity index (χ3n) is 2.92. The maximum atomic E-state index is 11.2. The molecule has 0 spiro atoms. The number of para-hydroxylation sites is 1. The zero-order valence-corrected chi connectivity index (χ0v) is 9.96. The van der Waals surface area contributed by atoms with Gasteiger partial charge in [-0.2, -0.15) is 0 Å². The molecule has 1 aromatic carbocycles. The van der Waals surface area contributed by atoms with E-state index in [1.807, 2.05) is 4.90 Å². The van der Waals surface area contributed by atoms with Gasteiger partial charge in [0.1, 0.15) is 11.4 Å². The number of ether oxygens (including phenoxy) is 1. The highest BCUT2D eigenvalue weighted by molar-refractivity contribution is 5.76. The van der Waals surface area contributed by atoms with Gasteiger partial charge in [0.25, 0.3) is 0 Å². The highest BCUT2D eigenvalue weighted by Gasteiger charge is 2.24. The average Bonchev–Trinajstić information content (AvgIpc) is 2.66. The monoisotopic (exact) mass is 252 g/mol. The number of anilines is 2. The van der Waals surface area contributed by atoms with Gasteiger partial charge in [-0.3, -0.25) is 16.0 Å². The number of hydrogen-bond acceptors (Lipinski definition) is 6. The fraction of sp³-hybridized carbons (Fsp3) is 0.455. The van der Waals surface area contributed by atoms with E-state index in [2.05, 4.69) is 5.43 Å². The summed E-state index contributed by atoms with van der Waals surface area (Å²) in [6, 6.07) is 5.09. The van der Waals surface area contributed by atoms with Crippen molar-refractivity contribution in [1.82, 2.24) is 0 Å². The van der Waals surface area contributed by atoms with Gasteiger partial charge in [0.15, 0.2) is 0 Å². The molecule has 1 heterocycles. The van der Waals surface area contributed by atoms with Crippen molar-refractivity contribution in [2.24, 2.45) is 5.84 Å². The van der Waals surface area contributed by atoms with E-state index in [0.29, 0.717) is 31.1 Å². The molecule has 3 N–H and O–H groups in total. The lowest BCUT2D eigenvalue weighted by molar-refractivity contribution is -0.383. The number of nitrogen functional groups attached to an aromatic ring is 1. The smallest absolute Gasteiger partial charge is 0.316 e. The molecule has 98 valence electrons. The van der Waals surface area contributed by atoms with Crippen LogP contribution in [0.3, 0.4) is 0 Å². The summed E-state index contributed by atoms with van der Waals surface area (Å²) in [7, 11) is 0. The lowest BCUT2D eigenvalue weighted by atomic mass is 10.2. The van der Waals surface area contributed by atoms with E-state index in [4.69, 9.17) is 10.6 Å². The Morgan fingerprint density at radius 3 is 2.94 bits per heavy atom. The fourth-order valence-corrected chi connectivity index (χ4v) is 2.08. The minimum Gasteiger partial charge on any atom is -0.380 e. The number of nitrogens with zero attached hydrogens (tertiary/aromatic N) is 2. The molecule has 1 aromatic rings. The molecule has 0 bridgehead atoms. The van der Waals surface area contributed by atoms with Crippen LogP contribution in [0.15, 0.2) is 18.2 Å². The molecule has 7 nitrogen and oxygen atoms in total. The summed E-state index contributed by atoms with van der Waals surface area (Å²) in [6.07, 6.45) is 0.859. The molecule has 0 radical (unpaired) electrons. The first kappa shape index (κ1) is 12.6. The number of benzene rings is 1. The number of nitro benzene ring substituents is 1. The highest BCUT2D eigenvalue weighted by Crippen LogP contribution is 2.35. The van der Waals surface area contributed by atoms with Crippen LogP contribution in [0, 0.1) is 10.1 Å². The predicted molar refractivity (Wildman–Crippen MR) is 68.6 cm³/mol. The Bertz CT molecular complexity index is 430. The van der Waals surface area contributed by atoms with E-state index < -0.39 is 4.92 Å². The van der Waals surface area contributed by atoms with Crippen molar-refractivity contribution in [2.75, 3.05) is 36.6 Å². The zero-order valence-electron chi connectivity index (χ0n) is 9.96. The second-order valence-electron chi connectivity index (χ2n) is 4.03. The largest absolute Gasteiger partial charge is 0.380 e. The van der Waals surface area contributed by atoms with Gasteiger partial charge in [-0.1, -0.05) is 6.07 Å². The Balaban J connectivity index is 2.38. The summed E-state index contributed by atoms with van der Waals surface area (Å²) in [5, 5.41) is 11.2. The van der Waals surface area contributed by atoms with Crippen LogP contribution >= 0.6 is 0 Å². The van der Waals surface area contributed by atoms with Crippen molar-refractivity contribution in [2.45, 2.75) is 6.42 Å². The minimum absolute atomic E-state index is 0.0156. The highest BCUT2D eigenvalue weighted by atomic mass is 16.6. The van der Waals surface area contributed by atoms with Crippen LogP contribution in [-0.2, 0) is 4.74 Å². The van der Waals surface area contributed by atoms with Crippen molar-refractivity contribution in [1.29, 1.82) is 0 Å². The second-order valence-corrected chi connectivity index (χ2v) is 4.03. The van der Waals surface area contributed by atoms with E-state index in [9.17, 15) is 10.1 Å². The van der Waals surface area contributed by atoms with Gasteiger partial charge in [-0.05, 0) is 18.6 Å². The third kappa shape index (κ3) is 2.52. The van der Waals surface area contributed by atoms with Crippen LogP contribution in [-0.4, -0.2) is 31.2 Å². The Morgan fingerprint density at radius 2 is 2.22 bits per heavy atom. The average molecular weight is 252 g/mol. The molecule has 0 unspecified atom stereocenters. The molecule has 1 saturated heterocycles. The summed E-state index contributed by atoms with van der Waals surface area (Å²) in [5.74, 6) is 5.32. The van der Waals surface area contributed by atoms with E-state index in [1.54, 1.807) is 18.2 Å². The Morgan fingerprint density at radius 1 is 1.39 bits per heavy atom. The van der Waals surface area contributed by atoms with E-state index >= 15 is 0 Å². The van der Waals surface area contributed by atoms with Crippen LogP contribution in [0.5, 0.6) is 0 Å². The quantitative estimate of drug-likeness (QED) is 0.475. The van der Waals surface area contributed by atoms with Crippen molar-refractivity contribution < 1.29 is 9.66 Å². The Hall–Kier alpha value is -1.86. The molecular weight excluding hydrogens is 236 g/mol. The molecule has 0 atom stereocenters. The molecule has 18 heavy (non-hydrogen) atoms. The maximum absolute atomic E-state index is 11.2. The van der Waals surface area contributed by atoms with Crippen LogP contribution in [0.25, 0.3) is 0 Å². The molecule has 0 aliphatic carbocycles. The Kier molecular flexibility index (Phi) is 3.96. The van der Waals surface area contributed by atoms with Gasteiger partial charge in [-0.25, -0.2) is 0 Å². The molecular formula is C11H16N4O3. The summed E-state index contributed by atoms with van der Waals surface area (Å²) in [4.78, 5) is 12.7. The SMILES string of the molecule is NNc1cccc(N2CCCOCC2)c1[N+](=O)[O-]. The molecule has 0 amide bonds.